The van der Waals surface area contributed by atoms with Crippen LogP contribution in [0.3, 0.4) is 0 Å². The third kappa shape index (κ3) is 6.45. The molecule has 0 radical (unpaired) electrons. The topological polar surface area (TPSA) is 115 Å². The van der Waals surface area contributed by atoms with Gasteiger partial charge in [-0.05, 0) is 61.9 Å². The van der Waals surface area contributed by atoms with Crippen molar-refractivity contribution in [1.82, 2.24) is 24.4 Å². The minimum absolute atomic E-state index is 0.0731. The summed E-state index contributed by atoms with van der Waals surface area (Å²) in [6, 6.07) is 16.5. The zero-order valence-corrected chi connectivity index (χ0v) is 28.7. The summed E-state index contributed by atoms with van der Waals surface area (Å²) in [5.41, 5.74) is 3.03. The Bertz CT molecular complexity index is 1710. The lowest BCUT2D eigenvalue weighted by atomic mass is 10.2. The van der Waals surface area contributed by atoms with Crippen LogP contribution in [0.4, 0.5) is 11.4 Å². The number of rotatable bonds is 11. The summed E-state index contributed by atoms with van der Waals surface area (Å²) in [6.07, 6.45) is 3.98. The molecule has 15 heteroatoms. The number of aromatic nitrogens is 4. The fourth-order valence-electron chi connectivity index (χ4n) is 5.69. The smallest absolute Gasteiger partial charge is 0.350 e. The highest BCUT2D eigenvalue weighted by atomic mass is 127. The Labute approximate surface area is 281 Å². The van der Waals surface area contributed by atoms with E-state index in [1.807, 2.05) is 40.8 Å². The largest absolute Gasteiger partial charge is 0.491 e. The highest BCUT2D eigenvalue weighted by molar-refractivity contribution is 14.2. The Hall–Kier alpha value is -3.67. The van der Waals surface area contributed by atoms with Crippen LogP contribution in [0.15, 0.2) is 79.6 Å². The lowest BCUT2D eigenvalue weighted by Crippen LogP contribution is -2.46. The molecule has 2 aromatic carbocycles. The SMILES string of the molecule is CCC(C)n1ncn(-c2ccc(N3CCN(c4ccc(OCC5COC(CN6N=CI=N6)(c6nccs6)O5)cc4)CC3)cc2)c1=O. The number of ether oxygens (including phenoxy) is 3. The van der Waals surface area contributed by atoms with Gasteiger partial charge in [0, 0.05) is 49.1 Å². The third-order valence-corrected chi connectivity index (χ3v) is 10.6. The number of nitrogens with zero attached hydrogens (tertiary/aromatic N) is 9. The predicted molar refractivity (Wildman–Crippen MR) is 185 cm³/mol. The molecule has 2 aromatic heterocycles. The molecular formula is C31H36IN9O4S. The van der Waals surface area contributed by atoms with Gasteiger partial charge in [-0.3, -0.25) is 0 Å². The molecule has 3 atom stereocenters. The van der Waals surface area contributed by atoms with Gasteiger partial charge in [-0.1, -0.05) is 6.92 Å². The van der Waals surface area contributed by atoms with Gasteiger partial charge in [0.1, 0.15) is 35.6 Å². The number of thiazole rings is 1. The van der Waals surface area contributed by atoms with Crippen LogP contribution in [0.2, 0.25) is 0 Å². The van der Waals surface area contributed by atoms with Crippen LogP contribution < -0.4 is 20.2 Å². The highest BCUT2D eigenvalue weighted by Crippen LogP contribution is 2.37. The number of halogens is 1. The average molecular weight is 758 g/mol. The van der Waals surface area contributed by atoms with Gasteiger partial charge in [-0.15, -0.1) is 14.6 Å². The monoisotopic (exact) mass is 757 g/mol. The number of anilines is 2. The van der Waals surface area contributed by atoms with Crippen molar-refractivity contribution in [3.8, 4) is 11.4 Å². The van der Waals surface area contributed by atoms with E-state index in [0.29, 0.717) is 19.8 Å². The van der Waals surface area contributed by atoms with Gasteiger partial charge in [0.05, 0.1) is 39.4 Å². The molecule has 0 spiro atoms. The minimum Gasteiger partial charge on any atom is -0.491 e. The van der Waals surface area contributed by atoms with Crippen LogP contribution >= 0.6 is 32.4 Å². The lowest BCUT2D eigenvalue weighted by Gasteiger charge is -2.37. The van der Waals surface area contributed by atoms with Gasteiger partial charge >= 0.3 is 5.69 Å². The quantitative estimate of drug-likeness (QED) is 0.200. The molecule has 0 amide bonds. The first-order chi connectivity index (χ1) is 22.5. The van der Waals surface area contributed by atoms with Crippen LogP contribution in [0.25, 0.3) is 5.69 Å². The summed E-state index contributed by atoms with van der Waals surface area (Å²) in [4.78, 5) is 22.0. The Kier molecular flexibility index (Phi) is 9.15. The second kappa shape index (κ2) is 13.6. The second-order valence-corrected chi connectivity index (χ2v) is 13.8. The molecule has 2 fully saturated rings. The van der Waals surface area contributed by atoms with E-state index in [4.69, 9.17) is 14.2 Å². The Morgan fingerprint density at radius 2 is 1.74 bits per heavy atom. The van der Waals surface area contributed by atoms with Crippen molar-refractivity contribution in [1.29, 1.82) is 0 Å². The van der Waals surface area contributed by atoms with Crippen molar-refractivity contribution in [2.24, 2.45) is 8.36 Å². The van der Waals surface area contributed by atoms with Gasteiger partial charge in [0.15, 0.2) is 5.01 Å². The number of hydrogen-bond acceptors (Lipinski definition) is 12. The maximum atomic E-state index is 12.8. The standard InChI is InChI=1S/C31H36IN9O4S/c1-3-23(2)41-30(42)39(22-35-41)26-6-4-24(5-7-26)37-13-15-38(16-14-37)25-8-10-27(11-9-25)43-18-28-19-44-31(45-28,29-33-12-17-46-29)20-40-34-21-32-36-40/h4-12,17,21-23,28H,3,13-16,18-20H2,1-2H3. The number of benzene rings is 2. The van der Waals surface area contributed by atoms with Crippen LogP contribution in [0.5, 0.6) is 5.75 Å². The molecule has 0 N–H and O–H groups in total. The molecule has 242 valence electrons. The number of hydrogen-bond donors (Lipinski definition) is 0. The van der Waals surface area contributed by atoms with E-state index in [1.165, 1.54) is 17.0 Å². The van der Waals surface area contributed by atoms with Crippen molar-refractivity contribution in [3.05, 3.63) is 81.9 Å². The molecule has 3 aliphatic rings. The fourth-order valence-corrected chi connectivity index (χ4v) is 7.48. The predicted octanol–water partition coefficient (Wildman–Crippen LogP) is 4.76. The number of hydrazone groups is 1. The molecule has 2 saturated heterocycles. The van der Waals surface area contributed by atoms with E-state index in [1.54, 1.807) is 26.9 Å². The molecule has 0 aliphatic carbocycles. The highest BCUT2D eigenvalue weighted by Gasteiger charge is 2.47. The van der Waals surface area contributed by atoms with Crippen molar-refractivity contribution in [3.63, 3.8) is 0 Å². The molecule has 7 rings (SSSR count). The molecule has 3 unspecified atom stereocenters. The summed E-state index contributed by atoms with van der Waals surface area (Å²) < 4.78 is 28.2. The van der Waals surface area contributed by atoms with Crippen LogP contribution in [0.1, 0.15) is 31.3 Å². The summed E-state index contributed by atoms with van der Waals surface area (Å²) in [6.45, 7) is 8.82. The van der Waals surface area contributed by atoms with Crippen molar-refractivity contribution in [2.75, 3.05) is 55.7 Å². The van der Waals surface area contributed by atoms with Crippen LogP contribution in [-0.4, -0.2) is 80.7 Å². The first kappa shape index (κ1) is 31.0. The summed E-state index contributed by atoms with van der Waals surface area (Å²) in [5, 5.41) is 12.9. The van der Waals surface area contributed by atoms with E-state index in [2.05, 4.69) is 59.4 Å². The minimum atomic E-state index is -0.998. The average Bonchev–Trinajstić information content (AvgIpc) is 3.93. The maximum Gasteiger partial charge on any atom is 0.350 e. The molecule has 4 aromatic rings. The molecule has 0 saturated carbocycles. The Morgan fingerprint density at radius 1 is 1.04 bits per heavy atom. The van der Waals surface area contributed by atoms with E-state index in [-0.39, 0.29) is 17.8 Å². The zero-order chi connectivity index (χ0) is 31.5. The fraction of sp³-hybridized carbons (Fsp3) is 0.419. The molecule has 0 bridgehead atoms. The molecule has 46 heavy (non-hydrogen) atoms. The molecule has 3 aliphatic heterocycles. The molecular weight excluding hydrogens is 721 g/mol. The maximum absolute atomic E-state index is 12.8. The first-order valence-electron chi connectivity index (χ1n) is 15.4. The number of piperazine rings is 1. The Morgan fingerprint density at radius 3 is 2.37 bits per heavy atom. The van der Waals surface area contributed by atoms with Crippen molar-refractivity contribution in [2.45, 2.75) is 38.2 Å². The van der Waals surface area contributed by atoms with Crippen molar-refractivity contribution < 1.29 is 14.2 Å². The van der Waals surface area contributed by atoms with Gasteiger partial charge in [0.2, 0.25) is 5.79 Å². The lowest BCUT2D eigenvalue weighted by molar-refractivity contribution is -0.191. The van der Waals surface area contributed by atoms with Gasteiger partial charge in [-0.25, -0.2) is 19.0 Å². The van der Waals surface area contributed by atoms with E-state index in [0.717, 1.165) is 54.7 Å². The normalized spacial score (nSPS) is 22.0. The van der Waals surface area contributed by atoms with Crippen LogP contribution in [-0.2, 0) is 15.3 Å². The summed E-state index contributed by atoms with van der Waals surface area (Å²) >= 11 is 1.11. The molecule has 5 heterocycles. The van der Waals surface area contributed by atoms with Gasteiger partial charge < -0.3 is 24.0 Å². The van der Waals surface area contributed by atoms with Gasteiger partial charge in [0.25, 0.3) is 0 Å². The summed E-state index contributed by atoms with van der Waals surface area (Å²) in [7, 11) is 0. The summed E-state index contributed by atoms with van der Waals surface area (Å²) in [5.74, 6) is -0.211. The third-order valence-electron chi connectivity index (χ3n) is 8.43. The van der Waals surface area contributed by atoms with E-state index >= 15 is 0 Å². The van der Waals surface area contributed by atoms with Crippen LogP contribution in [0, 0.1) is 0 Å². The van der Waals surface area contributed by atoms with Crippen molar-refractivity contribution >= 4 is 48.0 Å². The first-order valence-corrected chi connectivity index (χ1v) is 18.4. The van der Waals surface area contributed by atoms with E-state index in [9.17, 15) is 4.79 Å². The second-order valence-electron chi connectivity index (χ2n) is 11.3. The molecule has 13 nitrogen and oxygen atoms in total. The Balaban J connectivity index is 0.905. The zero-order valence-electron chi connectivity index (χ0n) is 25.7. The van der Waals surface area contributed by atoms with Gasteiger partial charge in [-0.2, -0.15) is 15.3 Å². The van der Waals surface area contributed by atoms with E-state index < -0.39 is 26.8 Å².